The number of carboxylic acid groups (broad SMARTS) is 1. The zero-order valence-corrected chi connectivity index (χ0v) is 30.4. The van der Waals surface area contributed by atoms with Crippen LogP contribution in [0.4, 0.5) is 0 Å². The average molecular weight is 714 g/mol. The molecule has 0 fully saturated rings. The Morgan fingerprint density at radius 2 is 1.23 bits per heavy atom. The number of aryl methyl sites for hydroxylation is 1. The van der Waals surface area contributed by atoms with Crippen LogP contribution in [0.2, 0.25) is 0 Å². The number of hydrogen-bond donors (Lipinski definition) is 4. The molecule has 14 heteroatoms. The van der Waals surface area contributed by atoms with Crippen LogP contribution in [0.5, 0.6) is 5.75 Å². The number of carbonyl (C=O) groups excluding carboxylic acids is 1. The van der Waals surface area contributed by atoms with Crippen molar-refractivity contribution >= 4 is 32.0 Å². The van der Waals surface area contributed by atoms with E-state index in [-0.39, 0.29) is 24.3 Å². The topological polar surface area (TPSA) is 191 Å². The summed E-state index contributed by atoms with van der Waals surface area (Å²) in [5, 5.41) is 9.32. The van der Waals surface area contributed by atoms with Gasteiger partial charge in [-0.1, -0.05) is 81.5 Å². The highest BCUT2D eigenvalue weighted by Crippen LogP contribution is 2.15. The van der Waals surface area contributed by atoms with Gasteiger partial charge in [0, 0.05) is 0 Å². The van der Waals surface area contributed by atoms with Crippen LogP contribution in [0.3, 0.4) is 0 Å². The molecule has 0 heterocycles. The van der Waals surface area contributed by atoms with Crippen LogP contribution in [0.25, 0.3) is 0 Å². The van der Waals surface area contributed by atoms with Crippen molar-refractivity contribution in [2.45, 2.75) is 97.1 Å². The van der Waals surface area contributed by atoms with Crippen molar-refractivity contribution in [3.05, 3.63) is 65.2 Å². The number of aliphatic carboxylic acids is 1. The first-order valence-electron chi connectivity index (χ1n) is 16.5. The van der Waals surface area contributed by atoms with Crippen molar-refractivity contribution in [2.24, 2.45) is 5.73 Å². The Labute approximate surface area is 287 Å². The Balaban J connectivity index is 0.000000495. The van der Waals surface area contributed by atoms with Crippen LogP contribution in [0.1, 0.15) is 81.9 Å². The molecule has 0 saturated carbocycles. The molecule has 2 aromatic carbocycles. The number of unbranched alkanes of at least 4 members (excludes halogenated alkanes) is 5. The van der Waals surface area contributed by atoms with Gasteiger partial charge >= 0.3 is 11.9 Å². The van der Waals surface area contributed by atoms with Crippen molar-refractivity contribution in [3.63, 3.8) is 0 Å². The smallest absolute Gasteiger partial charge is 0.324 e. The number of ether oxygens (including phenoxy) is 2. The van der Waals surface area contributed by atoms with Crippen molar-refractivity contribution in [2.75, 3.05) is 31.8 Å². The third kappa shape index (κ3) is 19.1. The molecule has 272 valence electrons. The number of nitrogens with one attached hydrogen (secondary N) is 2. The standard InChI is InChI=1S/C19H32N2O5S.C15H23NO4S/c1-2-3-14-27(24,25)21-18(19(22)23)15-16-8-10-17(11-9-16)26-13-7-5-4-6-12-20;1-4-5-10-21(18,19)16-14(15(17)20-3)11-13-8-6-12(2)7-9-13/h8-11,18,21H,2-7,12-15,20H2,1H3,(H,22,23);6-9,14,16H,4-5,10-11H2,1-3H3. The van der Waals surface area contributed by atoms with E-state index in [1.165, 1.54) is 7.11 Å². The lowest BCUT2D eigenvalue weighted by molar-refractivity contribution is -0.142. The summed E-state index contributed by atoms with van der Waals surface area (Å²) in [5.74, 6) is -1.09. The highest BCUT2D eigenvalue weighted by Gasteiger charge is 2.26. The van der Waals surface area contributed by atoms with Gasteiger partial charge in [-0.25, -0.2) is 26.3 Å². The van der Waals surface area contributed by atoms with Crippen LogP contribution in [-0.2, 0) is 47.2 Å². The quantitative estimate of drug-likeness (QED) is 0.0964. The predicted molar refractivity (Wildman–Crippen MR) is 189 cm³/mol. The second kappa shape index (κ2) is 23.3. The fourth-order valence-electron chi connectivity index (χ4n) is 4.42. The Bertz CT molecular complexity index is 1420. The minimum atomic E-state index is -3.60. The summed E-state index contributed by atoms with van der Waals surface area (Å²) in [6, 6.07) is 12.6. The largest absolute Gasteiger partial charge is 0.494 e. The van der Waals surface area contributed by atoms with Crippen molar-refractivity contribution in [3.8, 4) is 5.75 Å². The molecule has 0 saturated heterocycles. The molecule has 0 aliphatic heterocycles. The van der Waals surface area contributed by atoms with E-state index in [0.29, 0.717) is 31.7 Å². The molecular formula is C34H55N3O9S2. The first-order chi connectivity index (χ1) is 22.8. The predicted octanol–water partition coefficient (Wildman–Crippen LogP) is 4.10. The maximum atomic E-state index is 12.0. The van der Waals surface area contributed by atoms with E-state index in [4.69, 9.17) is 15.2 Å². The molecule has 0 aromatic heterocycles. The number of nitrogens with two attached hydrogens (primary N) is 1. The Morgan fingerprint density at radius 1 is 0.750 bits per heavy atom. The van der Waals surface area contributed by atoms with Gasteiger partial charge in [-0.05, 0) is 75.3 Å². The summed E-state index contributed by atoms with van der Waals surface area (Å²) in [7, 11) is -5.82. The van der Waals surface area contributed by atoms with E-state index < -0.39 is 44.1 Å². The molecule has 0 radical (unpaired) electrons. The van der Waals surface area contributed by atoms with Gasteiger partial charge in [0.2, 0.25) is 20.0 Å². The van der Waals surface area contributed by atoms with Crippen LogP contribution < -0.4 is 19.9 Å². The molecule has 5 N–H and O–H groups in total. The number of methoxy groups -OCH3 is 1. The molecule has 48 heavy (non-hydrogen) atoms. The van der Waals surface area contributed by atoms with Crippen molar-refractivity contribution in [1.82, 2.24) is 9.44 Å². The lowest BCUT2D eigenvalue weighted by atomic mass is 10.1. The summed E-state index contributed by atoms with van der Waals surface area (Å²) >= 11 is 0. The maximum Gasteiger partial charge on any atom is 0.324 e. The third-order valence-corrected chi connectivity index (χ3v) is 10.2. The van der Waals surface area contributed by atoms with Crippen molar-refractivity contribution < 1.29 is 41.0 Å². The van der Waals surface area contributed by atoms with Gasteiger partial charge in [0.05, 0.1) is 25.2 Å². The average Bonchev–Trinajstić information content (AvgIpc) is 3.05. The minimum absolute atomic E-state index is 0.0187. The number of hydrogen-bond acceptors (Lipinski definition) is 9. The number of carbonyl (C=O) groups is 2. The number of sulfonamides is 2. The summed E-state index contributed by atoms with van der Waals surface area (Å²) < 4.78 is 62.9. The Kier molecular flexibility index (Phi) is 20.9. The molecule has 0 amide bonds. The first-order valence-corrected chi connectivity index (χ1v) is 19.8. The van der Waals surface area contributed by atoms with Gasteiger partial charge in [-0.15, -0.1) is 0 Å². The first kappa shape index (κ1) is 43.0. The Morgan fingerprint density at radius 3 is 1.71 bits per heavy atom. The normalized spacial score (nSPS) is 12.8. The van der Waals surface area contributed by atoms with Crippen LogP contribution in [0, 0.1) is 6.92 Å². The molecule has 2 aromatic rings. The zero-order chi connectivity index (χ0) is 36.0. The number of carboxylic acids is 1. The summed E-state index contributed by atoms with van der Waals surface area (Å²) in [6.07, 6.45) is 7.10. The number of benzene rings is 2. The second-order valence-electron chi connectivity index (χ2n) is 11.6. The SMILES string of the molecule is CCCCS(=O)(=O)NC(Cc1ccc(C)cc1)C(=O)OC.CCCCS(=O)(=O)NC(Cc1ccc(OCCCCCCN)cc1)C(=O)O. The van der Waals surface area contributed by atoms with Gasteiger partial charge in [-0.3, -0.25) is 9.59 Å². The third-order valence-electron chi connectivity index (χ3n) is 7.25. The van der Waals surface area contributed by atoms with Crippen LogP contribution in [-0.4, -0.2) is 77.7 Å². The highest BCUT2D eigenvalue weighted by atomic mass is 32.2. The summed E-state index contributed by atoms with van der Waals surface area (Å²) in [5.41, 5.74) is 8.17. The van der Waals surface area contributed by atoms with Gasteiger partial charge in [0.25, 0.3) is 0 Å². The fraction of sp³-hybridized carbons (Fsp3) is 0.588. The molecule has 12 nitrogen and oxygen atoms in total. The van der Waals surface area contributed by atoms with E-state index in [1.54, 1.807) is 24.3 Å². The molecule has 0 bridgehead atoms. The zero-order valence-electron chi connectivity index (χ0n) is 28.8. The highest BCUT2D eigenvalue weighted by molar-refractivity contribution is 7.89. The van der Waals surface area contributed by atoms with E-state index >= 15 is 0 Å². The van der Waals surface area contributed by atoms with E-state index in [0.717, 1.165) is 55.2 Å². The van der Waals surface area contributed by atoms with Crippen molar-refractivity contribution in [1.29, 1.82) is 0 Å². The fourth-order valence-corrected chi connectivity index (χ4v) is 7.23. The molecule has 0 aliphatic carbocycles. The molecule has 2 atom stereocenters. The Hall–Kier alpha value is -3.04. The van der Waals surface area contributed by atoms with Crippen LogP contribution in [0.15, 0.2) is 48.5 Å². The summed E-state index contributed by atoms with van der Waals surface area (Å²) in [4.78, 5) is 23.2. The molecular weight excluding hydrogens is 659 g/mol. The van der Waals surface area contributed by atoms with Crippen LogP contribution >= 0.6 is 0 Å². The second-order valence-corrected chi connectivity index (χ2v) is 15.4. The number of rotatable bonds is 23. The van der Waals surface area contributed by atoms with Gasteiger partial charge in [0.1, 0.15) is 17.8 Å². The van der Waals surface area contributed by atoms with E-state index in [1.807, 2.05) is 45.0 Å². The molecule has 2 unspecified atom stereocenters. The monoisotopic (exact) mass is 713 g/mol. The minimum Gasteiger partial charge on any atom is -0.494 e. The van der Waals surface area contributed by atoms with Gasteiger partial charge in [-0.2, -0.15) is 0 Å². The lowest BCUT2D eigenvalue weighted by Gasteiger charge is -2.16. The molecule has 2 rings (SSSR count). The molecule has 0 aliphatic rings. The van der Waals surface area contributed by atoms with E-state index in [9.17, 15) is 31.5 Å². The molecule has 0 spiro atoms. The summed E-state index contributed by atoms with van der Waals surface area (Å²) in [6.45, 7) is 7.11. The van der Waals surface area contributed by atoms with Gasteiger partial charge < -0.3 is 20.3 Å². The van der Waals surface area contributed by atoms with Gasteiger partial charge in [0.15, 0.2) is 0 Å². The maximum absolute atomic E-state index is 12.0. The lowest BCUT2D eigenvalue weighted by Crippen LogP contribution is -2.43. The van der Waals surface area contributed by atoms with E-state index in [2.05, 4.69) is 9.44 Å². The number of esters is 1.